The van der Waals surface area contributed by atoms with Gasteiger partial charge in [0.25, 0.3) is 5.91 Å². The van der Waals surface area contributed by atoms with Crippen LogP contribution in [-0.4, -0.2) is 34.5 Å². The van der Waals surface area contributed by atoms with E-state index in [-0.39, 0.29) is 5.91 Å². The number of hydrogen-bond donors (Lipinski definition) is 2. The smallest absolute Gasteiger partial charge is 0.270 e. The largest absolute Gasteiger partial charge is 0.497 e. The molecular formula is C20H21N5O2. The number of carbonyl (C=O) groups excluding carboxylic acids is 1. The summed E-state index contributed by atoms with van der Waals surface area (Å²) in [7, 11) is 1.65. The lowest BCUT2D eigenvalue weighted by molar-refractivity contribution is 0.0946. The lowest BCUT2D eigenvalue weighted by Gasteiger charge is -2.08. The van der Waals surface area contributed by atoms with E-state index in [2.05, 4.69) is 25.6 Å². The van der Waals surface area contributed by atoms with Crippen molar-refractivity contribution >= 4 is 11.9 Å². The van der Waals surface area contributed by atoms with Crippen molar-refractivity contribution in [2.75, 3.05) is 19.0 Å². The highest BCUT2D eigenvalue weighted by molar-refractivity contribution is 5.92. The van der Waals surface area contributed by atoms with Gasteiger partial charge in [-0.15, -0.1) is 0 Å². The summed E-state index contributed by atoms with van der Waals surface area (Å²) in [6.07, 6.45) is 5.77. The molecule has 0 aliphatic heterocycles. The van der Waals surface area contributed by atoms with Crippen molar-refractivity contribution in [2.45, 2.75) is 13.0 Å². The monoisotopic (exact) mass is 363 g/mol. The number of nitrogens with zero attached hydrogens (tertiary/aromatic N) is 3. The molecule has 3 aromatic rings. The van der Waals surface area contributed by atoms with Gasteiger partial charge in [0.05, 0.1) is 7.11 Å². The maximum Gasteiger partial charge on any atom is 0.270 e. The molecule has 7 nitrogen and oxygen atoms in total. The van der Waals surface area contributed by atoms with E-state index in [0.717, 1.165) is 23.3 Å². The Morgan fingerprint density at radius 1 is 1.11 bits per heavy atom. The Bertz CT molecular complexity index is 886. The van der Waals surface area contributed by atoms with Crippen LogP contribution in [0.5, 0.6) is 5.75 Å². The molecule has 27 heavy (non-hydrogen) atoms. The van der Waals surface area contributed by atoms with Crippen LogP contribution in [0, 0.1) is 0 Å². The lowest BCUT2D eigenvalue weighted by atomic mass is 10.1. The molecular weight excluding hydrogens is 342 g/mol. The summed E-state index contributed by atoms with van der Waals surface area (Å²) in [6, 6.07) is 13.2. The maximum absolute atomic E-state index is 12.3. The number of methoxy groups -OCH3 is 1. The van der Waals surface area contributed by atoms with Crippen LogP contribution in [0.1, 0.15) is 21.6 Å². The van der Waals surface area contributed by atoms with Crippen LogP contribution in [0.3, 0.4) is 0 Å². The minimum absolute atomic E-state index is 0.253. The summed E-state index contributed by atoms with van der Waals surface area (Å²) < 4.78 is 5.22. The zero-order chi connectivity index (χ0) is 18.9. The van der Waals surface area contributed by atoms with Crippen LogP contribution in [0.15, 0.2) is 61.1 Å². The molecule has 2 aromatic heterocycles. The van der Waals surface area contributed by atoms with E-state index in [1.807, 2.05) is 36.4 Å². The van der Waals surface area contributed by atoms with Gasteiger partial charge in [-0.3, -0.25) is 9.78 Å². The molecule has 138 valence electrons. The standard InChI is InChI=1S/C20H21N5O2/c1-27-17-6-2-4-15(12-17)7-10-22-20-23-11-8-18(25-20)19(26)24-14-16-5-3-9-21-13-16/h2-6,8-9,11-13H,7,10,14H2,1H3,(H,24,26)(H,22,23,25). The van der Waals surface area contributed by atoms with Gasteiger partial charge in [0.1, 0.15) is 11.4 Å². The van der Waals surface area contributed by atoms with Crippen molar-refractivity contribution in [2.24, 2.45) is 0 Å². The zero-order valence-electron chi connectivity index (χ0n) is 15.1. The Labute approximate surface area is 157 Å². The predicted molar refractivity (Wildman–Crippen MR) is 103 cm³/mol. The number of anilines is 1. The third-order valence-electron chi connectivity index (χ3n) is 3.90. The highest BCUT2D eigenvalue weighted by Gasteiger charge is 2.08. The van der Waals surface area contributed by atoms with Crippen LogP contribution in [0.25, 0.3) is 0 Å². The van der Waals surface area contributed by atoms with Crippen molar-refractivity contribution in [3.05, 3.63) is 77.9 Å². The summed E-state index contributed by atoms with van der Waals surface area (Å²) in [6.45, 7) is 1.04. The minimum Gasteiger partial charge on any atom is -0.497 e. The second-order valence-electron chi connectivity index (χ2n) is 5.84. The zero-order valence-corrected chi connectivity index (χ0v) is 15.1. The molecule has 0 aliphatic rings. The predicted octanol–water partition coefficient (Wildman–Crippen LogP) is 2.46. The molecule has 2 N–H and O–H groups in total. The maximum atomic E-state index is 12.3. The number of hydrogen-bond acceptors (Lipinski definition) is 6. The van der Waals surface area contributed by atoms with Crippen molar-refractivity contribution < 1.29 is 9.53 Å². The average Bonchev–Trinajstić information content (AvgIpc) is 2.73. The van der Waals surface area contributed by atoms with Crippen LogP contribution in [0.2, 0.25) is 0 Å². The first kappa shape index (κ1) is 18.3. The summed E-state index contributed by atoms with van der Waals surface area (Å²) in [5.41, 5.74) is 2.39. The molecule has 0 atom stereocenters. The van der Waals surface area contributed by atoms with Crippen LogP contribution in [-0.2, 0) is 13.0 Å². The first-order valence-electron chi connectivity index (χ1n) is 8.61. The van der Waals surface area contributed by atoms with E-state index >= 15 is 0 Å². The summed E-state index contributed by atoms with van der Waals surface area (Å²) in [5.74, 6) is 1.00. The summed E-state index contributed by atoms with van der Waals surface area (Å²) >= 11 is 0. The van der Waals surface area contributed by atoms with Gasteiger partial charge < -0.3 is 15.4 Å². The molecule has 0 saturated heterocycles. The summed E-state index contributed by atoms with van der Waals surface area (Å²) in [5, 5.41) is 5.97. The van der Waals surface area contributed by atoms with Gasteiger partial charge in [-0.1, -0.05) is 18.2 Å². The van der Waals surface area contributed by atoms with Gasteiger partial charge in [0.2, 0.25) is 5.95 Å². The highest BCUT2D eigenvalue weighted by Crippen LogP contribution is 2.13. The molecule has 7 heteroatoms. The van der Waals surface area contributed by atoms with Crippen molar-refractivity contribution in [1.82, 2.24) is 20.3 Å². The quantitative estimate of drug-likeness (QED) is 0.639. The Balaban J connectivity index is 1.52. The van der Waals surface area contributed by atoms with E-state index in [1.54, 1.807) is 31.8 Å². The van der Waals surface area contributed by atoms with E-state index in [4.69, 9.17) is 4.74 Å². The molecule has 0 fully saturated rings. The number of nitrogens with one attached hydrogen (secondary N) is 2. The van der Waals surface area contributed by atoms with E-state index in [9.17, 15) is 4.79 Å². The number of pyridine rings is 1. The van der Waals surface area contributed by atoms with Gasteiger partial charge in [0.15, 0.2) is 0 Å². The van der Waals surface area contributed by atoms with E-state index < -0.39 is 0 Å². The number of ether oxygens (including phenoxy) is 1. The number of aromatic nitrogens is 3. The first-order chi connectivity index (χ1) is 13.2. The van der Waals surface area contributed by atoms with Gasteiger partial charge in [-0.25, -0.2) is 9.97 Å². The lowest BCUT2D eigenvalue weighted by Crippen LogP contribution is -2.24. The van der Waals surface area contributed by atoms with E-state index in [1.165, 1.54) is 0 Å². The number of benzene rings is 1. The van der Waals surface area contributed by atoms with Gasteiger partial charge in [0, 0.05) is 31.7 Å². The third-order valence-corrected chi connectivity index (χ3v) is 3.90. The highest BCUT2D eigenvalue weighted by atomic mass is 16.5. The molecule has 0 radical (unpaired) electrons. The fraction of sp³-hybridized carbons (Fsp3) is 0.200. The van der Waals surface area contributed by atoms with Crippen LogP contribution in [0.4, 0.5) is 5.95 Å². The van der Waals surface area contributed by atoms with Crippen LogP contribution < -0.4 is 15.4 Å². The number of rotatable bonds is 8. The molecule has 0 aliphatic carbocycles. The normalized spacial score (nSPS) is 10.3. The Kier molecular flexibility index (Phi) is 6.30. The molecule has 0 saturated carbocycles. The molecule has 0 bridgehead atoms. The molecule has 1 amide bonds. The van der Waals surface area contributed by atoms with Crippen molar-refractivity contribution in [3.63, 3.8) is 0 Å². The average molecular weight is 363 g/mol. The molecule has 2 heterocycles. The molecule has 1 aromatic carbocycles. The summed E-state index contributed by atoms with van der Waals surface area (Å²) in [4.78, 5) is 24.7. The van der Waals surface area contributed by atoms with Gasteiger partial charge in [-0.2, -0.15) is 0 Å². The number of carbonyl (C=O) groups is 1. The first-order valence-corrected chi connectivity index (χ1v) is 8.61. The van der Waals surface area contributed by atoms with Gasteiger partial charge in [-0.05, 0) is 41.8 Å². The Hall–Kier alpha value is -3.48. The van der Waals surface area contributed by atoms with Crippen molar-refractivity contribution in [3.8, 4) is 5.75 Å². The Morgan fingerprint density at radius 3 is 2.81 bits per heavy atom. The molecule has 3 rings (SSSR count). The van der Waals surface area contributed by atoms with Crippen LogP contribution >= 0.6 is 0 Å². The van der Waals surface area contributed by atoms with E-state index in [0.29, 0.717) is 24.7 Å². The molecule has 0 unspecified atom stereocenters. The molecule has 0 spiro atoms. The SMILES string of the molecule is COc1cccc(CCNc2nccc(C(=O)NCc3cccnc3)n2)c1. The topological polar surface area (TPSA) is 89.0 Å². The fourth-order valence-corrected chi connectivity index (χ4v) is 2.49. The van der Waals surface area contributed by atoms with Crippen molar-refractivity contribution in [1.29, 1.82) is 0 Å². The minimum atomic E-state index is -0.253. The van der Waals surface area contributed by atoms with Gasteiger partial charge >= 0.3 is 0 Å². The number of amides is 1. The third kappa shape index (κ3) is 5.50. The second kappa shape index (κ2) is 9.28. The fourth-order valence-electron chi connectivity index (χ4n) is 2.49. The second-order valence-corrected chi connectivity index (χ2v) is 5.84. The Morgan fingerprint density at radius 2 is 2.00 bits per heavy atom.